The average molecular weight is 344 g/mol. The van der Waals surface area contributed by atoms with Crippen molar-refractivity contribution >= 4 is 11.8 Å². The zero-order chi connectivity index (χ0) is 18.6. The second-order valence-electron chi connectivity index (χ2n) is 7.32. The second-order valence-corrected chi connectivity index (χ2v) is 7.32. The minimum absolute atomic E-state index is 0.0282. The van der Waals surface area contributed by atoms with E-state index in [1.807, 2.05) is 38.2 Å². The van der Waals surface area contributed by atoms with E-state index in [4.69, 9.17) is 4.74 Å². The Hall–Kier alpha value is -1.94. The van der Waals surface area contributed by atoms with E-state index in [1.165, 1.54) is 12.2 Å². The summed E-state index contributed by atoms with van der Waals surface area (Å²) in [5.74, 6) is -0.193. The van der Waals surface area contributed by atoms with E-state index < -0.39 is 12.1 Å². The topological polar surface area (TPSA) is 63.6 Å². The predicted molar refractivity (Wildman–Crippen MR) is 97.7 cm³/mol. The third-order valence-corrected chi connectivity index (χ3v) is 5.55. The molecule has 2 aliphatic carbocycles. The number of esters is 1. The lowest BCUT2D eigenvalue weighted by Gasteiger charge is -2.45. The lowest BCUT2D eigenvalue weighted by molar-refractivity contribution is -0.145. The maximum atomic E-state index is 12.1. The molecular formula is C21H28O4. The molecule has 2 rings (SSSR count). The van der Waals surface area contributed by atoms with Crippen LogP contribution in [0.5, 0.6) is 0 Å². The molecule has 0 amide bonds. The van der Waals surface area contributed by atoms with E-state index in [-0.39, 0.29) is 23.2 Å². The van der Waals surface area contributed by atoms with Crippen LogP contribution < -0.4 is 0 Å². The molecule has 25 heavy (non-hydrogen) atoms. The van der Waals surface area contributed by atoms with Crippen molar-refractivity contribution in [2.24, 2.45) is 17.3 Å². The number of aliphatic hydroxyl groups is 1. The van der Waals surface area contributed by atoms with Crippen LogP contribution in [0, 0.1) is 17.3 Å². The Balaban J connectivity index is 2.05. The summed E-state index contributed by atoms with van der Waals surface area (Å²) in [5, 5.41) is 9.93. The molecule has 0 spiro atoms. The van der Waals surface area contributed by atoms with Gasteiger partial charge in [0.1, 0.15) is 12.2 Å². The number of ketones is 1. The van der Waals surface area contributed by atoms with E-state index in [2.05, 4.69) is 13.8 Å². The van der Waals surface area contributed by atoms with Gasteiger partial charge in [-0.15, -0.1) is 0 Å². The van der Waals surface area contributed by atoms with E-state index in [0.29, 0.717) is 12.3 Å². The van der Waals surface area contributed by atoms with Crippen molar-refractivity contribution in [2.45, 2.75) is 52.7 Å². The van der Waals surface area contributed by atoms with Gasteiger partial charge in [0.25, 0.3) is 0 Å². The number of allylic oxidation sites excluding steroid dienone is 5. The Morgan fingerprint density at radius 3 is 2.88 bits per heavy atom. The summed E-state index contributed by atoms with van der Waals surface area (Å²) < 4.78 is 5.57. The molecule has 0 saturated heterocycles. The Bertz CT molecular complexity index is 640. The van der Waals surface area contributed by atoms with Gasteiger partial charge in [0.2, 0.25) is 0 Å². The molecule has 4 heteroatoms. The van der Waals surface area contributed by atoms with Crippen LogP contribution in [0.2, 0.25) is 0 Å². The van der Waals surface area contributed by atoms with Crippen LogP contribution in [0.3, 0.4) is 0 Å². The molecular weight excluding hydrogens is 316 g/mol. The minimum atomic E-state index is -0.982. The number of rotatable bonds is 5. The third kappa shape index (κ3) is 4.37. The molecule has 0 aromatic rings. The number of hydrogen-bond donors (Lipinski definition) is 1. The SMILES string of the molecule is CCC(C)C=CC=CC(=O)OC1C=CC2=CC(=O)C(O)CC2(C)C1C. The fourth-order valence-corrected chi connectivity index (χ4v) is 3.29. The van der Waals surface area contributed by atoms with Gasteiger partial charge < -0.3 is 9.84 Å². The zero-order valence-corrected chi connectivity index (χ0v) is 15.4. The van der Waals surface area contributed by atoms with Gasteiger partial charge in [-0.1, -0.05) is 58.4 Å². The molecule has 0 fully saturated rings. The first-order valence-corrected chi connectivity index (χ1v) is 8.95. The zero-order valence-electron chi connectivity index (χ0n) is 15.4. The number of carbonyl (C=O) groups is 2. The van der Waals surface area contributed by atoms with Crippen molar-refractivity contribution in [3.8, 4) is 0 Å². The quantitative estimate of drug-likeness (QED) is 0.471. The lowest BCUT2D eigenvalue weighted by atomic mass is 9.61. The van der Waals surface area contributed by atoms with Crippen molar-refractivity contribution in [1.82, 2.24) is 0 Å². The van der Waals surface area contributed by atoms with Gasteiger partial charge >= 0.3 is 5.97 Å². The number of ether oxygens (including phenoxy) is 1. The van der Waals surface area contributed by atoms with E-state index in [0.717, 1.165) is 12.0 Å². The van der Waals surface area contributed by atoms with Crippen LogP contribution in [0.1, 0.15) is 40.5 Å². The number of carbonyl (C=O) groups excluding carboxylic acids is 2. The highest BCUT2D eigenvalue weighted by Crippen LogP contribution is 2.48. The molecule has 5 unspecified atom stereocenters. The maximum Gasteiger partial charge on any atom is 0.331 e. The summed E-state index contributed by atoms with van der Waals surface area (Å²) in [4.78, 5) is 23.8. The Labute approximate surface area is 149 Å². The lowest BCUT2D eigenvalue weighted by Crippen LogP contribution is -2.45. The first kappa shape index (κ1) is 19.4. The van der Waals surface area contributed by atoms with E-state index in [1.54, 1.807) is 6.08 Å². The first-order chi connectivity index (χ1) is 11.8. The average Bonchev–Trinajstić information content (AvgIpc) is 2.57. The van der Waals surface area contributed by atoms with Crippen molar-refractivity contribution < 1.29 is 19.4 Å². The van der Waals surface area contributed by atoms with Gasteiger partial charge in [0, 0.05) is 17.4 Å². The van der Waals surface area contributed by atoms with Crippen molar-refractivity contribution in [2.75, 3.05) is 0 Å². The standard InChI is InChI=1S/C21H28O4/c1-5-14(2)8-6-7-9-20(24)25-19-11-10-16-12-17(22)18(23)13-21(16,4)15(19)3/h6-12,14-15,18-19,23H,5,13H2,1-4H3. The van der Waals surface area contributed by atoms with Gasteiger partial charge in [-0.05, 0) is 30.1 Å². The third-order valence-electron chi connectivity index (χ3n) is 5.55. The summed E-state index contributed by atoms with van der Waals surface area (Å²) >= 11 is 0. The van der Waals surface area contributed by atoms with E-state index >= 15 is 0 Å². The van der Waals surface area contributed by atoms with E-state index in [9.17, 15) is 14.7 Å². The summed E-state index contributed by atoms with van der Waals surface area (Å²) in [7, 11) is 0. The largest absolute Gasteiger partial charge is 0.455 e. The number of aliphatic hydroxyl groups excluding tert-OH is 1. The van der Waals surface area contributed by atoms with Crippen LogP contribution in [-0.4, -0.2) is 29.1 Å². The van der Waals surface area contributed by atoms with Gasteiger partial charge in [-0.2, -0.15) is 0 Å². The molecule has 5 atom stereocenters. The maximum absolute atomic E-state index is 12.1. The number of hydrogen-bond acceptors (Lipinski definition) is 4. The Morgan fingerprint density at radius 1 is 1.48 bits per heavy atom. The number of fused-ring (bicyclic) bond motifs is 1. The summed E-state index contributed by atoms with van der Waals surface area (Å²) in [6.07, 6.45) is 12.3. The molecule has 0 saturated carbocycles. The highest BCUT2D eigenvalue weighted by Gasteiger charge is 2.46. The molecule has 4 nitrogen and oxygen atoms in total. The molecule has 0 bridgehead atoms. The van der Waals surface area contributed by atoms with Gasteiger partial charge in [-0.3, -0.25) is 4.79 Å². The summed E-state index contributed by atoms with van der Waals surface area (Å²) in [6, 6.07) is 0. The molecule has 136 valence electrons. The predicted octanol–water partition coefficient (Wildman–Crippen LogP) is 3.53. The van der Waals surface area contributed by atoms with Gasteiger partial charge in [0.05, 0.1) is 0 Å². The fraction of sp³-hybridized carbons (Fsp3) is 0.524. The van der Waals surface area contributed by atoms with Crippen LogP contribution in [-0.2, 0) is 14.3 Å². The van der Waals surface area contributed by atoms with Crippen LogP contribution in [0.25, 0.3) is 0 Å². The molecule has 0 aliphatic heterocycles. The van der Waals surface area contributed by atoms with Crippen molar-refractivity contribution in [3.63, 3.8) is 0 Å². The molecule has 2 aliphatic rings. The van der Waals surface area contributed by atoms with Crippen LogP contribution in [0.4, 0.5) is 0 Å². The second kappa shape index (κ2) is 7.96. The fourth-order valence-electron chi connectivity index (χ4n) is 3.29. The monoisotopic (exact) mass is 344 g/mol. The first-order valence-electron chi connectivity index (χ1n) is 8.95. The molecule has 0 radical (unpaired) electrons. The van der Waals surface area contributed by atoms with Crippen molar-refractivity contribution in [1.29, 1.82) is 0 Å². The normalized spacial score (nSPS) is 33.4. The molecule has 0 aromatic carbocycles. The van der Waals surface area contributed by atoms with Crippen molar-refractivity contribution in [3.05, 3.63) is 48.1 Å². The van der Waals surface area contributed by atoms with Crippen LogP contribution >= 0.6 is 0 Å². The smallest absolute Gasteiger partial charge is 0.331 e. The Morgan fingerprint density at radius 2 is 2.20 bits per heavy atom. The molecule has 0 heterocycles. The highest BCUT2D eigenvalue weighted by atomic mass is 16.5. The van der Waals surface area contributed by atoms with Gasteiger partial charge in [-0.25, -0.2) is 4.79 Å². The Kier molecular flexibility index (Phi) is 6.17. The summed E-state index contributed by atoms with van der Waals surface area (Å²) in [6.45, 7) is 8.23. The summed E-state index contributed by atoms with van der Waals surface area (Å²) in [5.41, 5.74) is 0.516. The molecule has 0 aromatic heterocycles. The van der Waals surface area contributed by atoms with Crippen LogP contribution in [0.15, 0.2) is 48.1 Å². The van der Waals surface area contributed by atoms with Gasteiger partial charge in [0.15, 0.2) is 5.78 Å². The highest BCUT2D eigenvalue weighted by molar-refractivity contribution is 5.96. The minimum Gasteiger partial charge on any atom is -0.455 e. The molecule has 1 N–H and O–H groups in total.